The number of rotatable bonds is 12. The topological polar surface area (TPSA) is 117 Å². The summed E-state index contributed by atoms with van der Waals surface area (Å²) >= 11 is 0. The first kappa shape index (κ1) is 24.4. The van der Waals surface area contributed by atoms with Crippen LogP contribution in [0.1, 0.15) is 61.4 Å². The summed E-state index contributed by atoms with van der Waals surface area (Å²) in [5.74, 6) is -0.866. The van der Waals surface area contributed by atoms with E-state index in [9.17, 15) is 14.7 Å². The summed E-state index contributed by atoms with van der Waals surface area (Å²) in [6.07, 6.45) is 7.80. The minimum absolute atomic E-state index is 0.0784. The largest absolute Gasteiger partial charge is 0.480 e. The number of aromatic nitrogens is 2. The average molecular weight is 477 g/mol. The summed E-state index contributed by atoms with van der Waals surface area (Å²) in [5.41, 5.74) is 5.29. The lowest BCUT2D eigenvalue weighted by Gasteiger charge is -2.16. The number of carboxylic acids is 1. The molecule has 1 atom stereocenters. The second-order valence-corrected chi connectivity index (χ2v) is 8.96. The summed E-state index contributed by atoms with van der Waals surface area (Å²) in [4.78, 5) is 33.0. The van der Waals surface area contributed by atoms with E-state index in [0.29, 0.717) is 17.5 Å². The van der Waals surface area contributed by atoms with Crippen LogP contribution >= 0.6 is 0 Å². The van der Waals surface area contributed by atoms with Crippen LogP contribution in [0.15, 0.2) is 47.4 Å². The molecule has 1 unspecified atom stereocenters. The van der Waals surface area contributed by atoms with E-state index in [-0.39, 0.29) is 30.5 Å². The number of amides is 1. The van der Waals surface area contributed by atoms with Crippen molar-refractivity contribution in [2.75, 3.05) is 6.54 Å². The zero-order valence-electron chi connectivity index (χ0n) is 19.9. The van der Waals surface area contributed by atoms with Crippen LogP contribution in [0.3, 0.4) is 0 Å². The second-order valence-electron chi connectivity index (χ2n) is 8.96. The number of nitrogens with zero attached hydrogens (tertiary/aromatic N) is 2. The van der Waals surface area contributed by atoms with Crippen molar-refractivity contribution in [3.05, 3.63) is 65.8 Å². The van der Waals surface area contributed by atoms with E-state index in [1.54, 1.807) is 6.07 Å². The van der Waals surface area contributed by atoms with Gasteiger partial charge in [-0.25, -0.2) is 9.78 Å². The molecule has 184 valence electrons. The Balaban J connectivity index is 1.16. The van der Waals surface area contributed by atoms with E-state index in [0.717, 1.165) is 37.8 Å². The highest BCUT2D eigenvalue weighted by Gasteiger charge is 2.20. The summed E-state index contributed by atoms with van der Waals surface area (Å²) in [7, 11) is 0. The smallest absolute Gasteiger partial charge is 0.326 e. The van der Waals surface area contributed by atoms with Crippen LogP contribution in [0, 0.1) is 0 Å². The predicted octanol–water partition coefficient (Wildman–Crippen LogP) is 4.03. The maximum absolute atomic E-state index is 12.2. The van der Waals surface area contributed by atoms with Gasteiger partial charge in [-0.2, -0.15) is 0 Å². The van der Waals surface area contributed by atoms with Gasteiger partial charge < -0.3 is 20.2 Å². The van der Waals surface area contributed by atoms with E-state index in [1.165, 1.54) is 24.1 Å². The Kier molecular flexibility index (Phi) is 8.13. The number of pyridine rings is 1. The Bertz CT molecular complexity index is 1170. The number of carbonyl (C=O) groups excluding carboxylic acids is 1. The number of oxazole rings is 1. The van der Waals surface area contributed by atoms with Gasteiger partial charge in [-0.15, -0.1) is 0 Å². The molecule has 1 aliphatic carbocycles. The van der Waals surface area contributed by atoms with E-state index in [2.05, 4.69) is 34.3 Å². The van der Waals surface area contributed by atoms with Crippen molar-refractivity contribution in [2.45, 2.75) is 63.8 Å². The molecule has 3 aromatic rings. The standard InChI is InChI=1S/C27H32N4O4/c1-18(26-31-22-11-5-6-12-24(22)35-26)29-23(27(33)34)16-17-28-25(32)13-7-3-9-20-15-14-19-8-2-4-10-21(19)30-20/h5-6,11-12,14-15,23,29H,1-4,7-10,13,16-17H2,(H,28,32)(H,33,34). The molecule has 0 radical (unpaired) electrons. The van der Waals surface area contributed by atoms with Gasteiger partial charge in [-0.3, -0.25) is 9.78 Å². The lowest BCUT2D eigenvalue weighted by Crippen LogP contribution is -2.38. The zero-order chi connectivity index (χ0) is 24.6. The van der Waals surface area contributed by atoms with Crippen molar-refractivity contribution in [3.8, 4) is 0 Å². The van der Waals surface area contributed by atoms with Crippen LogP contribution < -0.4 is 10.6 Å². The first-order valence-electron chi connectivity index (χ1n) is 12.3. The van der Waals surface area contributed by atoms with Gasteiger partial charge in [0.25, 0.3) is 0 Å². The molecule has 3 N–H and O–H groups in total. The van der Waals surface area contributed by atoms with Gasteiger partial charge >= 0.3 is 5.97 Å². The molecule has 0 saturated carbocycles. The molecule has 1 amide bonds. The van der Waals surface area contributed by atoms with Crippen LogP contribution in [-0.2, 0) is 28.9 Å². The van der Waals surface area contributed by atoms with E-state index >= 15 is 0 Å². The number of carboxylic acid groups (broad SMARTS) is 1. The number of hydrogen-bond acceptors (Lipinski definition) is 6. The van der Waals surface area contributed by atoms with Crippen molar-refractivity contribution in [2.24, 2.45) is 0 Å². The number of carbonyl (C=O) groups is 2. The summed E-state index contributed by atoms with van der Waals surface area (Å²) in [5, 5.41) is 15.2. The number of para-hydroxylation sites is 2. The monoisotopic (exact) mass is 476 g/mol. The lowest BCUT2D eigenvalue weighted by atomic mass is 9.95. The van der Waals surface area contributed by atoms with Crippen molar-refractivity contribution in [1.82, 2.24) is 20.6 Å². The molecule has 2 heterocycles. The molecule has 0 saturated heterocycles. The number of hydrogen-bond donors (Lipinski definition) is 3. The van der Waals surface area contributed by atoms with Crippen LogP contribution in [0.5, 0.6) is 0 Å². The van der Waals surface area contributed by atoms with Gasteiger partial charge in [0.2, 0.25) is 11.8 Å². The number of nitrogens with one attached hydrogen (secondary N) is 2. The van der Waals surface area contributed by atoms with Gasteiger partial charge in [0.1, 0.15) is 11.6 Å². The highest BCUT2D eigenvalue weighted by molar-refractivity contribution is 5.78. The maximum Gasteiger partial charge on any atom is 0.326 e. The van der Waals surface area contributed by atoms with E-state index < -0.39 is 12.0 Å². The van der Waals surface area contributed by atoms with Crippen molar-refractivity contribution >= 4 is 28.7 Å². The number of aryl methyl sites for hydroxylation is 3. The Morgan fingerprint density at radius 2 is 1.91 bits per heavy atom. The fourth-order valence-electron chi connectivity index (χ4n) is 4.33. The molecule has 0 fully saturated rings. The van der Waals surface area contributed by atoms with E-state index in [1.807, 2.05) is 18.2 Å². The Morgan fingerprint density at radius 1 is 1.09 bits per heavy atom. The highest BCUT2D eigenvalue weighted by Crippen LogP contribution is 2.21. The van der Waals surface area contributed by atoms with Crippen molar-refractivity contribution in [1.29, 1.82) is 0 Å². The molecule has 4 rings (SSSR count). The fourth-order valence-corrected chi connectivity index (χ4v) is 4.33. The molecule has 1 aromatic carbocycles. The number of fused-ring (bicyclic) bond motifs is 2. The Hall–Kier alpha value is -3.68. The summed E-state index contributed by atoms with van der Waals surface area (Å²) < 4.78 is 5.63. The first-order valence-corrected chi connectivity index (χ1v) is 12.3. The minimum Gasteiger partial charge on any atom is -0.480 e. The molecule has 35 heavy (non-hydrogen) atoms. The number of unbranched alkanes of at least 4 members (excludes halogenated alkanes) is 1. The first-order chi connectivity index (χ1) is 17.0. The van der Waals surface area contributed by atoms with Gasteiger partial charge in [0.15, 0.2) is 5.58 Å². The van der Waals surface area contributed by atoms with Crippen LogP contribution in [-0.4, -0.2) is 39.5 Å². The normalized spacial score (nSPS) is 13.7. The van der Waals surface area contributed by atoms with Crippen LogP contribution in [0.4, 0.5) is 0 Å². The second kappa shape index (κ2) is 11.6. The van der Waals surface area contributed by atoms with Crippen LogP contribution in [0.2, 0.25) is 0 Å². The average Bonchev–Trinajstić information content (AvgIpc) is 3.30. The Labute approximate surface area is 204 Å². The third kappa shape index (κ3) is 6.68. The van der Waals surface area contributed by atoms with Gasteiger partial charge in [-0.1, -0.05) is 24.8 Å². The summed E-state index contributed by atoms with van der Waals surface area (Å²) in [6.45, 7) is 4.11. The third-order valence-corrected chi connectivity index (χ3v) is 6.28. The van der Waals surface area contributed by atoms with Gasteiger partial charge in [0, 0.05) is 24.4 Å². The maximum atomic E-state index is 12.2. The molecule has 1 aliphatic rings. The fraction of sp³-hybridized carbons (Fsp3) is 0.407. The molecule has 2 aromatic heterocycles. The molecule has 0 spiro atoms. The summed E-state index contributed by atoms with van der Waals surface area (Å²) in [6, 6.07) is 10.7. The third-order valence-electron chi connectivity index (χ3n) is 6.28. The SMILES string of the molecule is C=C(NC(CCNC(=O)CCCCc1ccc2c(n1)CCCC2)C(=O)O)c1nc2ccccc2o1. The minimum atomic E-state index is -1.03. The lowest BCUT2D eigenvalue weighted by molar-refractivity contribution is -0.139. The molecule has 0 bridgehead atoms. The quantitative estimate of drug-likeness (QED) is 0.338. The Morgan fingerprint density at radius 3 is 2.74 bits per heavy atom. The highest BCUT2D eigenvalue weighted by atomic mass is 16.4. The van der Waals surface area contributed by atoms with Crippen molar-refractivity contribution < 1.29 is 19.1 Å². The molecular formula is C27H32N4O4. The predicted molar refractivity (Wildman–Crippen MR) is 134 cm³/mol. The zero-order valence-corrected chi connectivity index (χ0v) is 19.9. The number of benzene rings is 1. The van der Waals surface area contributed by atoms with Crippen LogP contribution in [0.25, 0.3) is 16.8 Å². The molecule has 8 nitrogen and oxygen atoms in total. The molecule has 8 heteroatoms. The molecule has 0 aliphatic heterocycles. The van der Waals surface area contributed by atoms with Crippen molar-refractivity contribution in [3.63, 3.8) is 0 Å². The molecular weight excluding hydrogens is 444 g/mol. The van der Waals surface area contributed by atoms with Gasteiger partial charge in [-0.05, 0) is 75.1 Å². The van der Waals surface area contributed by atoms with E-state index in [4.69, 9.17) is 9.40 Å². The van der Waals surface area contributed by atoms with Gasteiger partial charge in [0.05, 0.1) is 5.70 Å². The number of aliphatic carboxylic acids is 1.